The van der Waals surface area contributed by atoms with Gasteiger partial charge in [0, 0.05) is 5.38 Å². The van der Waals surface area contributed by atoms with Crippen LogP contribution in [0, 0.1) is 6.92 Å². The fourth-order valence-electron chi connectivity index (χ4n) is 2.28. The summed E-state index contributed by atoms with van der Waals surface area (Å²) in [5.74, 6) is -0.0466. The maximum Gasteiger partial charge on any atom is 0.252 e. The van der Waals surface area contributed by atoms with Crippen molar-refractivity contribution in [2.24, 2.45) is 0 Å². The first kappa shape index (κ1) is 11.6. The number of carbonyl (C=O) groups is 1. The first-order valence-corrected chi connectivity index (χ1v) is 6.57. The normalized spacial score (nSPS) is 18.6. The van der Waals surface area contributed by atoms with E-state index in [0.29, 0.717) is 0 Å². The van der Waals surface area contributed by atoms with Crippen molar-refractivity contribution in [3.05, 3.63) is 21.9 Å². The van der Waals surface area contributed by atoms with Gasteiger partial charge in [0.2, 0.25) is 0 Å². The van der Waals surface area contributed by atoms with Crippen molar-refractivity contribution in [2.45, 2.75) is 38.1 Å². The zero-order valence-electron chi connectivity index (χ0n) is 9.45. The number of carbonyl (C=O) groups excluding carboxylic acids is 1. The van der Waals surface area contributed by atoms with Gasteiger partial charge in [0.1, 0.15) is 0 Å². The average Bonchev–Trinajstić information content (AvgIpc) is 2.87. The largest absolute Gasteiger partial charge is 0.394 e. The van der Waals surface area contributed by atoms with Crippen molar-refractivity contribution in [1.82, 2.24) is 5.32 Å². The van der Waals surface area contributed by atoms with Gasteiger partial charge in [0.05, 0.1) is 17.7 Å². The molecule has 3 nitrogen and oxygen atoms in total. The second kappa shape index (κ2) is 4.55. The molecule has 1 amide bonds. The summed E-state index contributed by atoms with van der Waals surface area (Å²) in [4.78, 5) is 12.0. The Morgan fingerprint density at radius 3 is 2.69 bits per heavy atom. The molecule has 0 bridgehead atoms. The van der Waals surface area contributed by atoms with E-state index in [1.807, 2.05) is 17.7 Å². The van der Waals surface area contributed by atoms with Crippen LogP contribution >= 0.6 is 11.3 Å². The number of nitrogens with one attached hydrogen (secondary N) is 1. The number of aryl methyl sites for hydroxylation is 1. The van der Waals surface area contributed by atoms with Crippen molar-refractivity contribution in [3.8, 4) is 0 Å². The molecule has 2 N–H and O–H groups in total. The zero-order chi connectivity index (χ0) is 11.6. The van der Waals surface area contributed by atoms with Crippen LogP contribution in [0.2, 0.25) is 0 Å². The maximum atomic E-state index is 12.0. The van der Waals surface area contributed by atoms with E-state index in [2.05, 4.69) is 5.32 Å². The number of hydrogen-bond donors (Lipinski definition) is 2. The predicted octanol–water partition coefficient (Wildman–Crippen LogP) is 2.09. The van der Waals surface area contributed by atoms with Crippen molar-refractivity contribution >= 4 is 17.2 Å². The molecular formula is C12H17NO2S. The number of amides is 1. The first-order chi connectivity index (χ1) is 7.67. The molecule has 1 aromatic rings. The molecule has 1 aromatic heterocycles. The molecule has 16 heavy (non-hydrogen) atoms. The molecule has 1 aliphatic rings. The fraction of sp³-hybridized carbons (Fsp3) is 0.583. The van der Waals surface area contributed by atoms with E-state index < -0.39 is 0 Å². The van der Waals surface area contributed by atoms with Crippen molar-refractivity contribution in [2.75, 3.05) is 6.61 Å². The molecule has 0 atom stereocenters. The van der Waals surface area contributed by atoms with E-state index in [1.165, 1.54) is 11.3 Å². The van der Waals surface area contributed by atoms with Crippen LogP contribution in [0.1, 0.15) is 41.6 Å². The lowest BCUT2D eigenvalue weighted by atomic mass is 9.98. The number of rotatable bonds is 3. The Hall–Kier alpha value is -0.870. The van der Waals surface area contributed by atoms with Crippen LogP contribution in [-0.2, 0) is 0 Å². The Kier molecular flexibility index (Phi) is 3.30. The van der Waals surface area contributed by atoms with Crippen LogP contribution in [0.5, 0.6) is 0 Å². The summed E-state index contributed by atoms with van der Waals surface area (Å²) >= 11 is 1.54. The lowest BCUT2D eigenvalue weighted by Gasteiger charge is -2.27. The molecule has 1 heterocycles. The molecule has 2 rings (SSSR count). The first-order valence-electron chi connectivity index (χ1n) is 5.63. The third kappa shape index (κ3) is 2.13. The quantitative estimate of drug-likeness (QED) is 0.848. The van der Waals surface area contributed by atoms with Crippen LogP contribution in [0.15, 0.2) is 10.8 Å². The maximum absolute atomic E-state index is 12.0. The molecule has 1 aliphatic carbocycles. The summed E-state index contributed by atoms with van der Waals surface area (Å²) in [5, 5.41) is 16.3. The molecule has 0 radical (unpaired) electrons. The van der Waals surface area contributed by atoms with Gasteiger partial charge < -0.3 is 10.4 Å². The van der Waals surface area contributed by atoms with Crippen molar-refractivity contribution in [1.29, 1.82) is 0 Å². The lowest BCUT2D eigenvalue weighted by molar-refractivity contribution is 0.0838. The predicted molar refractivity (Wildman–Crippen MR) is 64.8 cm³/mol. The molecule has 0 unspecified atom stereocenters. The summed E-state index contributed by atoms with van der Waals surface area (Å²) in [6.07, 6.45) is 3.95. The van der Waals surface area contributed by atoms with Crippen LogP contribution in [0.4, 0.5) is 0 Å². The molecule has 88 valence electrons. The number of aliphatic hydroxyl groups excluding tert-OH is 1. The van der Waals surface area contributed by atoms with Crippen LogP contribution in [-0.4, -0.2) is 23.2 Å². The van der Waals surface area contributed by atoms with Crippen molar-refractivity contribution in [3.63, 3.8) is 0 Å². The molecular weight excluding hydrogens is 222 g/mol. The SMILES string of the molecule is Cc1cscc1C(=O)NC1(CO)CCCC1. The van der Waals surface area contributed by atoms with Crippen LogP contribution in [0.3, 0.4) is 0 Å². The Labute approximate surface area is 99.5 Å². The van der Waals surface area contributed by atoms with Gasteiger partial charge in [-0.15, -0.1) is 0 Å². The molecule has 0 saturated heterocycles. The zero-order valence-corrected chi connectivity index (χ0v) is 10.3. The van der Waals surface area contributed by atoms with Gasteiger partial charge in [-0.2, -0.15) is 11.3 Å². The second-order valence-corrected chi connectivity index (χ2v) is 5.31. The van der Waals surface area contributed by atoms with E-state index in [-0.39, 0.29) is 18.1 Å². The van der Waals surface area contributed by atoms with E-state index in [1.54, 1.807) is 0 Å². The van der Waals surface area contributed by atoms with Crippen molar-refractivity contribution < 1.29 is 9.90 Å². The van der Waals surface area contributed by atoms with Gasteiger partial charge in [0.15, 0.2) is 0 Å². The summed E-state index contributed by atoms with van der Waals surface area (Å²) in [5.41, 5.74) is 1.38. The smallest absolute Gasteiger partial charge is 0.252 e. The van der Waals surface area contributed by atoms with Gasteiger partial charge in [-0.3, -0.25) is 4.79 Å². The minimum atomic E-state index is -0.370. The van der Waals surface area contributed by atoms with E-state index >= 15 is 0 Å². The third-order valence-corrected chi connectivity index (χ3v) is 4.20. The minimum absolute atomic E-state index is 0.0436. The highest BCUT2D eigenvalue weighted by Crippen LogP contribution is 2.29. The number of hydrogen-bond acceptors (Lipinski definition) is 3. The highest BCUT2D eigenvalue weighted by atomic mass is 32.1. The van der Waals surface area contributed by atoms with Crippen LogP contribution in [0.25, 0.3) is 0 Å². The van der Waals surface area contributed by atoms with Crippen LogP contribution < -0.4 is 5.32 Å². The Morgan fingerprint density at radius 2 is 2.19 bits per heavy atom. The monoisotopic (exact) mass is 239 g/mol. The third-order valence-electron chi connectivity index (χ3n) is 3.34. The topological polar surface area (TPSA) is 49.3 Å². The van der Waals surface area contributed by atoms with Gasteiger partial charge in [0.25, 0.3) is 5.91 Å². The average molecular weight is 239 g/mol. The Balaban J connectivity index is 2.09. The summed E-state index contributed by atoms with van der Waals surface area (Å²) in [6, 6.07) is 0. The second-order valence-electron chi connectivity index (χ2n) is 4.57. The van der Waals surface area contributed by atoms with Gasteiger partial charge in [-0.1, -0.05) is 12.8 Å². The highest BCUT2D eigenvalue weighted by Gasteiger charge is 2.35. The fourth-order valence-corrected chi connectivity index (χ4v) is 3.10. The molecule has 1 fully saturated rings. The van der Waals surface area contributed by atoms with E-state index in [0.717, 1.165) is 36.8 Å². The Bertz CT molecular complexity index is 380. The summed E-state index contributed by atoms with van der Waals surface area (Å²) in [7, 11) is 0. The lowest BCUT2D eigenvalue weighted by Crippen LogP contribution is -2.49. The van der Waals surface area contributed by atoms with E-state index in [4.69, 9.17) is 0 Å². The van der Waals surface area contributed by atoms with E-state index in [9.17, 15) is 9.90 Å². The molecule has 0 spiro atoms. The molecule has 1 saturated carbocycles. The molecule has 4 heteroatoms. The molecule has 0 aromatic carbocycles. The van der Waals surface area contributed by atoms with Gasteiger partial charge in [-0.05, 0) is 30.7 Å². The Morgan fingerprint density at radius 1 is 1.50 bits per heavy atom. The summed E-state index contributed by atoms with van der Waals surface area (Å²) in [6.45, 7) is 1.98. The molecule has 0 aliphatic heterocycles. The standard InChI is InChI=1S/C12H17NO2S/c1-9-6-16-7-10(9)11(15)13-12(8-14)4-2-3-5-12/h6-7,14H,2-5,8H2,1H3,(H,13,15). The van der Waals surface area contributed by atoms with Gasteiger partial charge >= 0.3 is 0 Å². The minimum Gasteiger partial charge on any atom is -0.394 e. The summed E-state index contributed by atoms with van der Waals surface area (Å²) < 4.78 is 0. The highest BCUT2D eigenvalue weighted by molar-refractivity contribution is 7.08. The number of aliphatic hydroxyl groups is 1. The number of thiophene rings is 1. The van der Waals surface area contributed by atoms with Gasteiger partial charge in [-0.25, -0.2) is 0 Å².